The molecule has 0 saturated carbocycles. The van der Waals surface area contributed by atoms with Gasteiger partial charge in [-0.25, -0.2) is 4.79 Å². The number of likely N-dealkylation sites (tertiary alicyclic amines) is 1. The summed E-state index contributed by atoms with van der Waals surface area (Å²) in [7, 11) is 5.82. The van der Waals surface area contributed by atoms with Gasteiger partial charge in [0.15, 0.2) is 6.10 Å². The third-order valence-corrected chi connectivity index (χ3v) is 6.33. The summed E-state index contributed by atoms with van der Waals surface area (Å²) >= 11 is 0. The van der Waals surface area contributed by atoms with E-state index >= 15 is 0 Å². The second-order valence-electron chi connectivity index (χ2n) is 8.99. The molecule has 1 aliphatic rings. The third kappa shape index (κ3) is 4.77. The number of aryl methyl sites for hydroxylation is 2. The lowest BCUT2D eigenvalue weighted by molar-refractivity contribution is -0.144. The molecule has 1 aromatic carbocycles. The molecule has 0 radical (unpaired) electrons. The van der Waals surface area contributed by atoms with E-state index in [0.717, 1.165) is 35.9 Å². The summed E-state index contributed by atoms with van der Waals surface area (Å²) in [5.41, 5.74) is 2.18. The van der Waals surface area contributed by atoms with Gasteiger partial charge in [0, 0.05) is 32.3 Å². The zero-order valence-electron chi connectivity index (χ0n) is 19.7. The number of hydrogen-bond acceptors (Lipinski definition) is 6. The SMILES string of the molecule is COC1(CN(C)C)CCN(C(=O)C(C)Oc2cc(C)cc3oc(=O)c(C)c(C)c23)CC1. The van der Waals surface area contributed by atoms with Crippen LogP contribution in [0.4, 0.5) is 0 Å². The Hall–Kier alpha value is -2.38. The van der Waals surface area contributed by atoms with Crippen LogP contribution in [0.3, 0.4) is 0 Å². The molecule has 0 N–H and O–H groups in total. The standard InChI is InChI=1S/C24H34N2O5/c1-15-12-19(21-16(2)17(3)23(28)31-20(21)13-15)30-18(4)22(27)26-10-8-24(29-7,9-11-26)14-25(5)6/h12-13,18H,8-11,14H2,1-7H3. The number of rotatable bonds is 6. The van der Waals surface area contributed by atoms with Crippen LogP contribution in [0.1, 0.15) is 36.5 Å². The molecule has 170 valence electrons. The Morgan fingerprint density at radius 3 is 2.42 bits per heavy atom. The van der Waals surface area contributed by atoms with E-state index in [-0.39, 0.29) is 17.1 Å². The van der Waals surface area contributed by atoms with Crippen LogP contribution < -0.4 is 10.4 Å². The minimum absolute atomic E-state index is 0.0454. The van der Waals surface area contributed by atoms with Gasteiger partial charge in [-0.05, 0) is 77.9 Å². The van der Waals surface area contributed by atoms with Crippen molar-refractivity contribution in [3.8, 4) is 5.75 Å². The van der Waals surface area contributed by atoms with E-state index in [2.05, 4.69) is 4.90 Å². The zero-order chi connectivity index (χ0) is 22.9. The van der Waals surface area contributed by atoms with Crippen molar-refractivity contribution in [1.82, 2.24) is 9.80 Å². The molecule has 7 heteroatoms. The normalized spacial score (nSPS) is 17.2. The van der Waals surface area contributed by atoms with Crippen molar-refractivity contribution < 1.29 is 18.7 Å². The van der Waals surface area contributed by atoms with Gasteiger partial charge < -0.3 is 23.7 Å². The first-order valence-corrected chi connectivity index (χ1v) is 10.8. The van der Waals surface area contributed by atoms with Crippen molar-refractivity contribution >= 4 is 16.9 Å². The van der Waals surface area contributed by atoms with Crippen LogP contribution >= 0.6 is 0 Å². The summed E-state index contributed by atoms with van der Waals surface area (Å²) in [6.45, 7) is 9.40. The Morgan fingerprint density at radius 2 is 1.84 bits per heavy atom. The number of amides is 1. The predicted octanol–water partition coefficient (Wildman–Crippen LogP) is 3.05. The van der Waals surface area contributed by atoms with Crippen molar-refractivity contribution in [3.63, 3.8) is 0 Å². The molecule has 1 fully saturated rings. The number of hydrogen-bond donors (Lipinski definition) is 0. The van der Waals surface area contributed by atoms with Gasteiger partial charge in [-0.1, -0.05) is 0 Å². The minimum Gasteiger partial charge on any atom is -0.480 e. The predicted molar refractivity (Wildman–Crippen MR) is 121 cm³/mol. The van der Waals surface area contributed by atoms with E-state index in [1.807, 2.05) is 45.0 Å². The number of likely N-dealkylation sites (N-methyl/N-ethyl adjacent to an activating group) is 1. The summed E-state index contributed by atoms with van der Waals surface area (Å²) < 4.78 is 17.4. The molecule has 1 unspecified atom stereocenters. The molecule has 1 amide bonds. The van der Waals surface area contributed by atoms with Gasteiger partial charge in [0.25, 0.3) is 5.91 Å². The first kappa shape index (κ1) is 23.3. The quantitative estimate of drug-likeness (QED) is 0.656. The maximum atomic E-state index is 13.1. The van der Waals surface area contributed by atoms with Crippen LogP contribution in [0.25, 0.3) is 11.0 Å². The van der Waals surface area contributed by atoms with Crippen molar-refractivity contribution in [3.05, 3.63) is 39.2 Å². The topological polar surface area (TPSA) is 72.2 Å². The lowest BCUT2D eigenvalue weighted by Crippen LogP contribution is -2.54. The van der Waals surface area contributed by atoms with Gasteiger partial charge in [-0.2, -0.15) is 0 Å². The van der Waals surface area contributed by atoms with Gasteiger partial charge in [0.2, 0.25) is 0 Å². The number of fused-ring (bicyclic) bond motifs is 1. The Morgan fingerprint density at radius 1 is 1.19 bits per heavy atom. The van der Waals surface area contributed by atoms with Gasteiger partial charge >= 0.3 is 5.63 Å². The summed E-state index contributed by atoms with van der Waals surface area (Å²) in [6, 6.07) is 3.71. The maximum absolute atomic E-state index is 13.1. The van der Waals surface area contributed by atoms with Crippen LogP contribution in [-0.2, 0) is 9.53 Å². The summed E-state index contributed by atoms with van der Waals surface area (Å²) in [6.07, 6.45) is 0.925. The van der Waals surface area contributed by atoms with Crippen molar-refractivity contribution in [1.29, 1.82) is 0 Å². The summed E-state index contributed by atoms with van der Waals surface area (Å²) in [5, 5.41) is 0.741. The van der Waals surface area contributed by atoms with E-state index in [9.17, 15) is 9.59 Å². The van der Waals surface area contributed by atoms with E-state index < -0.39 is 6.10 Å². The maximum Gasteiger partial charge on any atom is 0.339 e. The summed E-state index contributed by atoms with van der Waals surface area (Å²) in [4.78, 5) is 29.2. The fourth-order valence-electron chi connectivity index (χ4n) is 4.42. The highest BCUT2D eigenvalue weighted by Gasteiger charge is 2.37. The van der Waals surface area contributed by atoms with Crippen LogP contribution in [-0.4, -0.2) is 68.3 Å². The molecule has 1 aromatic heterocycles. The molecule has 0 spiro atoms. The van der Waals surface area contributed by atoms with Crippen molar-refractivity contribution in [2.75, 3.05) is 40.8 Å². The van der Waals surface area contributed by atoms with Crippen LogP contribution in [0.2, 0.25) is 0 Å². The first-order valence-electron chi connectivity index (χ1n) is 10.8. The van der Waals surface area contributed by atoms with Crippen molar-refractivity contribution in [2.45, 2.75) is 52.2 Å². The number of methoxy groups -OCH3 is 1. The molecule has 2 heterocycles. The highest BCUT2D eigenvalue weighted by molar-refractivity contribution is 5.89. The number of ether oxygens (including phenoxy) is 2. The van der Waals surface area contributed by atoms with E-state index in [1.165, 1.54) is 0 Å². The Kier molecular flexibility index (Phi) is 6.76. The fourth-order valence-corrected chi connectivity index (χ4v) is 4.42. The molecule has 1 saturated heterocycles. The lowest BCUT2D eigenvalue weighted by atomic mass is 9.90. The molecule has 31 heavy (non-hydrogen) atoms. The first-order chi connectivity index (χ1) is 14.6. The van der Waals surface area contributed by atoms with Crippen LogP contribution in [0.5, 0.6) is 5.75 Å². The Labute approximate surface area is 183 Å². The molecule has 0 aliphatic carbocycles. The zero-order valence-corrected chi connectivity index (χ0v) is 19.7. The number of benzene rings is 1. The van der Waals surface area contributed by atoms with E-state index in [1.54, 1.807) is 21.0 Å². The van der Waals surface area contributed by atoms with Gasteiger partial charge in [-0.3, -0.25) is 4.79 Å². The highest BCUT2D eigenvalue weighted by Crippen LogP contribution is 2.32. The molecular weight excluding hydrogens is 396 g/mol. The number of carbonyl (C=O) groups excluding carboxylic acids is 1. The molecule has 3 rings (SSSR count). The molecule has 7 nitrogen and oxygen atoms in total. The average Bonchev–Trinajstić information content (AvgIpc) is 2.71. The van der Waals surface area contributed by atoms with E-state index in [4.69, 9.17) is 13.9 Å². The molecule has 1 atom stereocenters. The average molecular weight is 431 g/mol. The Balaban J connectivity index is 1.79. The molecular formula is C24H34N2O5. The monoisotopic (exact) mass is 430 g/mol. The lowest BCUT2D eigenvalue weighted by Gasteiger charge is -2.42. The third-order valence-electron chi connectivity index (χ3n) is 6.33. The largest absolute Gasteiger partial charge is 0.480 e. The van der Waals surface area contributed by atoms with Crippen LogP contribution in [0, 0.1) is 20.8 Å². The second kappa shape index (κ2) is 9.01. The second-order valence-corrected chi connectivity index (χ2v) is 8.99. The smallest absolute Gasteiger partial charge is 0.339 e. The van der Waals surface area contributed by atoms with Crippen LogP contribution in [0.15, 0.2) is 21.3 Å². The van der Waals surface area contributed by atoms with Gasteiger partial charge in [0.1, 0.15) is 11.3 Å². The van der Waals surface area contributed by atoms with Crippen molar-refractivity contribution in [2.24, 2.45) is 0 Å². The molecule has 2 aromatic rings. The number of nitrogens with zero attached hydrogens (tertiary/aromatic N) is 2. The highest BCUT2D eigenvalue weighted by atomic mass is 16.5. The number of carbonyl (C=O) groups is 1. The molecule has 0 bridgehead atoms. The number of piperidine rings is 1. The minimum atomic E-state index is -0.652. The summed E-state index contributed by atoms with van der Waals surface area (Å²) in [5.74, 6) is 0.520. The Bertz CT molecular complexity index is 1020. The van der Waals surface area contributed by atoms with E-state index in [0.29, 0.717) is 30.0 Å². The molecule has 1 aliphatic heterocycles. The van der Waals surface area contributed by atoms with Gasteiger partial charge in [0.05, 0.1) is 11.0 Å². The van der Waals surface area contributed by atoms with Gasteiger partial charge in [-0.15, -0.1) is 0 Å². The fraction of sp³-hybridized carbons (Fsp3) is 0.583.